The molecule has 0 aliphatic carbocycles. The molecule has 0 bridgehead atoms. The Kier molecular flexibility index (Phi) is 2.72. The third-order valence-electron chi connectivity index (χ3n) is 2.91. The van der Waals surface area contributed by atoms with Gasteiger partial charge in [0.2, 0.25) is 5.95 Å². The molecule has 1 atom stereocenters. The fourth-order valence-electron chi connectivity index (χ4n) is 2.09. The molecule has 0 radical (unpaired) electrons. The SMILES string of the molecule is N#CC1=C(N)Nc2ncnn2[C@@H]1c1cccc(Br)c1. The highest BCUT2D eigenvalue weighted by molar-refractivity contribution is 9.10. The van der Waals surface area contributed by atoms with E-state index in [1.54, 1.807) is 4.68 Å². The molecule has 1 aliphatic heterocycles. The average molecular weight is 317 g/mol. The van der Waals surface area contributed by atoms with Crippen LogP contribution in [-0.4, -0.2) is 14.8 Å². The normalized spacial score (nSPS) is 17.6. The Morgan fingerprint density at radius 1 is 1.47 bits per heavy atom. The van der Waals surface area contributed by atoms with Crippen molar-refractivity contribution in [1.82, 2.24) is 14.8 Å². The molecule has 0 spiro atoms. The smallest absolute Gasteiger partial charge is 0.227 e. The minimum absolute atomic E-state index is 0.313. The van der Waals surface area contributed by atoms with Gasteiger partial charge in [-0.15, -0.1) is 0 Å². The molecule has 3 rings (SSSR count). The highest BCUT2D eigenvalue weighted by Gasteiger charge is 2.29. The molecule has 2 heterocycles. The molecule has 7 heteroatoms. The number of fused-ring (bicyclic) bond motifs is 1. The minimum atomic E-state index is -0.360. The lowest BCUT2D eigenvalue weighted by Crippen LogP contribution is -2.28. The zero-order chi connectivity index (χ0) is 13.4. The number of nitrogens with zero attached hydrogens (tertiary/aromatic N) is 4. The third-order valence-corrected chi connectivity index (χ3v) is 3.41. The quantitative estimate of drug-likeness (QED) is 0.836. The summed E-state index contributed by atoms with van der Waals surface area (Å²) in [7, 11) is 0. The summed E-state index contributed by atoms with van der Waals surface area (Å²) in [6.45, 7) is 0. The Balaban J connectivity index is 2.21. The second-order valence-corrected chi connectivity index (χ2v) is 4.97. The van der Waals surface area contributed by atoms with E-state index >= 15 is 0 Å². The van der Waals surface area contributed by atoms with Crippen molar-refractivity contribution < 1.29 is 0 Å². The predicted octanol–water partition coefficient (Wildman–Crippen LogP) is 1.75. The van der Waals surface area contributed by atoms with Gasteiger partial charge in [0.15, 0.2) is 0 Å². The number of nitrogens with one attached hydrogen (secondary N) is 1. The third kappa shape index (κ3) is 1.86. The van der Waals surface area contributed by atoms with Gasteiger partial charge in [0.1, 0.15) is 24.3 Å². The Hall–Kier alpha value is -2.33. The van der Waals surface area contributed by atoms with E-state index in [9.17, 15) is 5.26 Å². The van der Waals surface area contributed by atoms with E-state index in [4.69, 9.17) is 5.73 Å². The Labute approximate surface area is 117 Å². The van der Waals surface area contributed by atoms with Crippen LogP contribution in [0.1, 0.15) is 11.6 Å². The van der Waals surface area contributed by atoms with Crippen LogP contribution < -0.4 is 11.1 Å². The summed E-state index contributed by atoms with van der Waals surface area (Å²) in [4.78, 5) is 4.08. The summed E-state index contributed by atoms with van der Waals surface area (Å²) in [5.74, 6) is 0.842. The molecule has 1 aromatic heterocycles. The predicted molar refractivity (Wildman–Crippen MR) is 72.8 cm³/mol. The maximum Gasteiger partial charge on any atom is 0.227 e. The van der Waals surface area contributed by atoms with Gasteiger partial charge in [-0.05, 0) is 17.7 Å². The minimum Gasteiger partial charge on any atom is -0.384 e. The van der Waals surface area contributed by atoms with Gasteiger partial charge in [-0.3, -0.25) is 0 Å². The van der Waals surface area contributed by atoms with Crippen LogP contribution in [0.2, 0.25) is 0 Å². The zero-order valence-electron chi connectivity index (χ0n) is 9.71. The van der Waals surface area contributed by atoms with Crippen molar-refractivity contribution in [2.45, 2.75) is 6.04 Å². The topological polar surface area (TPSA) is 92.6 Å². The summed E-state index contributed by atoms with van der Waals surface area (Å²) in [6, 6.07) is 9.47. The molecule has 94 valence electrons. The van der Waals surface area contributed by atoms with E-state index in [2.05, 4.69) is 37.4 Å². The summed E-state index contributed by atoms with van der Waals surface area (Å²) in [5.41, 5.74) is 7.23. The number of anilines is 1. The maximum atomic E-state index is 9.32. The number of benzene rings is 1. The Morgan fingerprint density at radius 3 is 3.05 bits per heavy atom. The van der Waals surface area contributed by atoms with Crippen molar-refractivity contribution in [2.24, 2.45) is 5.73 Å². The molecule has 3 N–H and O–H groups in total. The maximum absolute atomic E-state index is 9.32. The second-order valence-electron chi connectivity index (χ2n) is 4.05. The lowest BCUT2D eigenvalue weighted by atomic mass is 9.98. The number of allylic oxidation sites excluding steroid dienone is 1. The van der Waals surface area contributed by atoms with E-state index in [0.29, 0.717) is 17.3 Å². The number of rotatable bonds is 1. The molecule has 6 nitrogen and oxygen atoms in total. The number of nitriles is 1. The van der Waals surface area contributed by atoms with Gasteiger partial charge in [0, 0.05) is 4.47 Å². The second kappa shape index (κ2) is 4.40. The standard InChI is InChI=1S/C12H9BrN6/c13-8-3-1-2-7(4-8)10-9(5-14)11(15)18-12-16-6-17-19(10)12/h1-4,6,10H,15H2,(H,16,17,18)/t10-/m1/s1. The number of hydrogen-bond donors (Lipinski definition) is 2. The zero-order valence-corrected chi connectivity index (χ0v) is 11.3. The fourth-order valence-corrected chi connectivity index (χ4v) is 2.51. The first kappa shape index (κ1) is 11.7. The molecule has 0 saturated heterocycles. The summed E-state index contributed by atoms with van der Waals surface area (Å²) in [6.07, 6.45) is 1.43. The number of hydrogen-bond acceptors (Lipinski definition) is 5. The molecule has 19 heavy (non-hydrogen) atoms. The molecule has 0 fully saturated rings. The van der Waals surface area contributed by atoms with E-state index < -0.39 is 0 Å². The number of nitrogens with two attached hydrogens (primary N) is 1. The molecular formula is C12H9BrN6. The number of halogens is 1. The molecule has 1 aromatic carbocycles. The van der Waals surface area contributed by atoms with Crippen molar-refractivity contribution in [2.75, 3.05) is 5.32 Å². The molecule has 0 saturated carbocycles. The van der Waals surface area contributed by atoms with Gasteiger partial charge >= 0.3 is 0 Å². The van der Waals surface area contributed by atoms with Crippen LogP contribution in [0.5, 0.6) is 0 Å². The van der Waals surface area contributed by atoms with Crippen LogP contribution >= 0.6 is 15.9 Å². The van der Waals surface area contributed by atoms with Crippen LogP contribution in [-0.2, 0) is 0 Å². The van der Waals surface area contributed by atoms with E-state index in [1.165, 1.54) is 6.33 Å². The van der Waals surface area contributed by atoms with E-state index in [0.717, 1.165) is 10.0 Å². The monoisotopic (exact) mass is 316 g/mol. The van der Waals surface area contributed by atoms with Crippen molar-refractivity contribution in [3.8, 4) is 6.07 Å². The van der Waals surface area contributed by atoms with Crippen molar-refractivity contribution >= 4 is 21.9 Å². The van der Waals surface area contributed by atoms with Crippen LogP contribution in [0.4, 0.5) is 5.95 Å². The molecule has 2 aromatic rings. The van der Waals surface area contributed by atoms with Crippen LogP contribution in [0.25, 0.3) is 0 Å². The van der Waals surface area contributed by atoms with Gasteiger partial charge in [-0.25, -0.2) is 4.68 Å². The molecule has 1 aliphatic rings. The van der Waals surface area contributed by atoms with Crippen molar-refractivity contribution in [3.63, 3.8) is 0 Å². The van der Waals surface area contributed by atoms with E-state index in [-0.39, 0.29) is 6.04 Å². The fraction of sp³-hybridized carbons (Fsp3) is 0.0833. The average Bonchev–Trinajstić information content (AvgIpc) is 2.84. The highest BCUT2D eigenvalue weighted by atomic mass is 79.9. The van der Waals surface area contributed by atoms with Gasteiger partial charge in [0.05, 0.1) is 5.57 Å². The molecular weight excluding hydrogens is 308 g/mol. The highest BCUT2D eigenvalue weighted by Crippen LogP contribution is 2.33. The Bertz CT molecular complexity index is 711. The lowest BCUT2D eigenvalue weighted by Gasteiger charge is -2.25. The summed E-state index contributed by atoms with van der Waals surface area (Å²) >= 11 is 3.43. The van der Waals surface area contributed by atoms with Gasteiger partial charge in [0.25, 0.3) is 0 Å². The van der Waals surface area contributed by atoms with Crippen molar-refractivity contribution in [1.29, 1.82) is 5.26 Å². The largest absolute Gasteiger partial charge is 0.384 e. The van der Waals surface area contributed by atoms with Gasteiger partial charge in [-0.1, -0.05) is 28.1 Å². The first-order chi connectivity index (χ1) is 9.20. The first-order valence-corrected chi connectivity index (χ1v) is 6.31. The Morgan fingerprint density at radius 2 is 2.32 bits per heavy atom. The van der Waals surface area contributed by atoms with E-state index in [1.807, 2.05) is 24.3 Å². The first-order valence-electron chi connectivity index (χ1n) is 5.52. The molecule has 0 amide bonds. The van der Waals surface area contributed by atoms with Gasteiger partial charge in [-0.2, -0.15) is 15.3 Å². The van der Waals surface area contributed by atoms with Crippen LogP contribution in [0.3, 0.4) is 0 Å². The van der Waals surface area contributed by atoms with Gasteiger partial charge < -0.3 is 11.1 Å². The molecule has 0 unspecified atom stereocenters. The van der Waals surface area contributed by atoms with Crippen LogP contribution in [0.15, 0.2) is 46.5 Å². The number of aromatic nitrogens is 3. The van der Waals surface area contributed by atoms with Crippen molar-refractivity contribution in [3.05, 3.63) is 52.0 Å². The lowest BCUT2D eigenvalue weighted by molar-refractivity contribution is 0.585. The summed E-state index contributed by atoms with van der Waals surface area (Å²) in [5, 5.41) is 16.4. The summed E-state index contributed by atoms with van der Waals surface area (Å²) < 4.78 is 2.58. The van der Waals surface area contributed by atoms with Crippen LogP contribution in [0, 0.1) is 11.3 Å².